The van der Waals surface area contributed by atoms with E-state index in [1.165, 1.54) is 36.2 Å². The molecule has 5 heteroatoms. The second-order valence-corrected chi connectivity index (χ2v) is 8.53. The quantitative estimate of drug-likeness (QED) is 0.584. The van der Waals surface area contributed by atoms with E-state index in [2.05, 4.69) is 30.2 Å². The fourth-order valence-electron chi connectivity index (χ4n) is 3.72. The van der Waals surface area contributed by atoms with Crippen LogP contribution in [0.25, 0.3) is 21.0 Å². The summed E-state index contributed by atoms with van der Waals surface area (Å²) in [5, 5.41) is 5.63. The molecule has 1 aliphatic carbocycles. The zero-order valence-corrected chi connectivity index (χ0v) is 16.0. The molecule has 0 spiro atoms. The van der Waals surface area contributed by atoms with Crippen molar-refractivity contribution in [2.75, 3.05) is 0 Å². The molecule has 2 atom stereocenters. The van der Waals surface area contributed by atoms with E-state index in [4.69, 9.17) is 11.6 Å². The minimum atomic E-state index is 0.0109. The summed E-state index contributed by atoms with van der Waals surface area (Å²) in [5.74, 6) is 0.553. The first kappa shape index (κ1) is 16.8. The van der Waals surface area contributed by atoms with Crippen molar-refractivity contribution in [3.63, 3.8) is 0 Å². The number of aryl methyl sites for hydroxylation is 1. The summed E-state index contributed by atoms with van der Waals surface area (Å²) < 4.78 is 1.04. The summed E-state index contributed by atoms with van der Waals surface area (Å²) in [5.41, 5.74) is 2.05. The molecule has 0 radical (unpaired) electrons. The molecule has 2 aromatic heterocycles. The predicted molar refractivity (Wildman–Crippen MR) is 106 cm³/mol. The maximum absolute atomic E-state index is 12.8. The van der Waals surface area contributed by atoms with E-state index >= 15 is 0 Å². The fourth-order valence-corrected chi connectivity index (χ4v) is 5.11. The highest BCUT2D eigenvalue weighted by Gasteiger charge is 2.24. The topological polar surface area (TPSA) is 42.0 Å². The summed E-state index contributed by atoms with van der Waals surface area (Å²) >= 11 is 7.88. The van der Waals surface area contributed by atoms with Gasteiger partial charge in [0.15, 0.2) is 0 Å². The number of amides is 1. The number of nitrogens with one attached hydrogen (secondary N) is 1. The molecular formula is C20H21ClN2OS. The fraction of sp³-hybridized carbons (Fsp3) is 0.400. The van der Waals surface area contributed by atoms with Crippen LogP contribution in [0.4, 0.5) is 0 Å². The normalized spacial score (nSPS) is 20.9. The maximum atomic E-state index is 12.8. The number of carbonyl (C=O) groups is 1. The third-order valence-electron chi connectivity index (χ3n) is 5.22. The van der Waals surface area contributed by atoms with Gasteiger partial charge in [0.05, 0.1) is 10.4 Å². The van der Waals surface area contributed by atoms with Crippen LogP contribution in [0.3, 0.4) is 0 Å². The van der Waals surface area contributed by atoms with E-state index in [1.807, 2.05) is 18.2 Å². The van der Waals surface area contributed by atoms with Gasteiger partial charge in [0.25, 0.3) is 5.91 Å². The molecule has 25 heavy (non-hydrogen) atoms. The average Bonchev–Trinajstić information content (AvgIpc) is 3.04. The highest BCUT2D eigenvalue weighted by Crippen LogP contribution is 2.36. The number of fused-ring (bicyclic) bond motifs is 3. The molecule has 3 aromatic rings. The van der Waals surface area contributed by atoms with Gasteiger partial charge in [0, 0.05) is 21.5 Å². The first-order valence-corrected chi connectivity index (χ1v) is 10.0. The van der Waals surface area contributed by atoms with Gasteiger partial charge in [0.1, 0.15) is 5.15 Å². The number of rotatable bonds is 2. The molecule has 0 bridgehead atoms. The van der Waals surface area contributed by atoms with Gasteiger partial charge in [-0.1, -0.05) is 43.0 Å². The van der Waals surface area contributed by atoms with Gasteiger partial charge >= 0.3 is 0 Å². The predicted octanol–water partition coefficient (Wildman–Crippen LogP) is 5.72. The molecule has 4 rings (SSSR count). The standard InChI is InChI=1S/C20H21ClN2OS/c1-11-7-8-16-13(9-11)18-14(19(21)22-16)10-17(25-18)20(24)23-15-6-4-3-5-12(15)2/h7-10,12,15H,3-6H2,1-2H3,(H,23,24)/t12-,15+/m0/s1. The van der Waals surface area contributed by atoms with E-state index in [0.717, 1.165) is 27.4 Å². The monoisotopic (exact) mass is 372 g/mol. The Hall–Kier alpha value is -1.65. The molecule has 1 N–H and O–H groups in total. The Balaban J connectivity index is 1.73. The molecule has 1 saturated carbocycles. The van der Waals surface area contributed by atoms with Crippen LogP contribution in [0.15, 0.2) is 24.3 Å². The van der Waals surface area contributed by atoms with E-state index in [-0.39, 0.29) is 11.9 Å². The van der Waals surface area contributed by atoms with Crippen LogP contribution in [0, 0.1) is 12.8 Å². The Bertz CT molecular complexity index is 965. The molecule has 1 aromatic carbocycles. The number of pyridine rings is 1. The smallest absolute Gasteiger partial charge is 0.261 e. The van der Waals surface area contributed by atoms with Gasteiger partial charge in [-0.3, -0.25) is 4.79 Å². The summed E-state index contributed by atoms with van der Waals surface area (Å²) in [4.78, 5) is 18.0. The highest BCUT2D eigenvalue weighted by molar-refractivity contribution is 7.21. The summed E-state index contributed by atoms with van der Waals surface area (Å²) in [6.07, 6.45) is 4.73. The SMILES string of the molecule is Cc1ccc2nc(Cl)c3cc(C(=O)N[C@@H]4CCCC[C@@H]4C)sc3c2c1. The second kappa shape index (κ2) is 6.58. The zero-order chi connectivity index (χ0) is 17.6. The average molecular weight is 373 g/mol. The zero-order valence-electron chi connectivity index (χ0n) is 14.4. The third kappa shape index (κ3) is 3.13. The molecule has 130 valence electrons. The first-order chi connectivity index (χ1) is 12.0. The van der Waals surface area contributed by atoms with E-state index < -0.39 is 0 Å². The lowest BCUT2D eigenvalue weighted by molar-refractivity contribution is 0.0914. The lowest BCUT2D eigenvalue weighted by atomic mass is 9.86. The Morgan fingerprint density at radius 1 is 1.24 bits per heavy atom. The van der Waals surface area contributed by atoms with E-state index in [0.29, 0.717) is 15.9 Å². The highest BCUT2D eigenvalue weighted by atomic mass is 35.5. The Labute approximate surface area is 156 Å². The van der Waals surface area contributed by atoms with Crippen LogP contribution >= 0.6 is 22.9 Å². The van der Waals surface area contributed by atoms with Crippen LogP contribution in [0.5, 0.6) is 0 Å². The number of aromatic nitrogens is 1. The molecule has 1 aliphatic rings. The van der Waals surface area contributed by atoms with Crippen LogP contribution in [-0.4, -0.2) is 16.9 Å². The van der Waals surface area contributed by atoms with Crippen molar-refractivity contribution in [3.05, 3.63) is 39.9 Å². The lowest BCUT2D eigenvalue weighted by Gasteiger charge is -2.29. The minimum absolute atomic E-state index is 0.0109. The number of hydrogen-bond donors (Lipinski definition) is 1. The number of halogens is 1. The van der Waals surface area contributed by atoms with Gasteiger partial charge in [0.2, 0.25) is 0 Å². The van der Waals surface area contributed by atoms with Crippen LogP contribution < -0.4 is 5.32 Å². The van der Waals surface area contributed by atoms with Gasteiger partial charge in [-0.25, -0.2) is 4.98 Å². The summed E-state index contributed by atoms with van der Waals surface area (Å²) in [6.45, 7) is 4.29. The van der Waals surface area contributed by atoms with Gasteiger partial charge in [-0.2, -0.15) is 0 Å². The molecule has 1 fully saturated rings. The van der Waals surface area contributed by atoms with Crippen LogP contribution in [0.1, 0.15) is 47.8 Å². The van der Waals surface area contributed by atoms with Crippen molar-refractivity contribution in [3.8, 4) is 0 Å². The second-order valence-electron chi connectivity index (χ2n) is 7.12. The largest absolute Gasteiger partial charge is 0.348 e. The Morgan fingerprint density at radius 2 is 2.04 bits per heavy atom. The lowest BCUT2D eigenvalue weighted by Crippen LogP contribution is -2.40. The maximum Gasteiger partial charge on any atom is 0.261 e. The van der Waals surface area contributed by atoms with E-state index in [1.54, 1.807) is 0 Å². The van der Waals surface area contributed by atoms with Crippen LogP contribution in [0.2, 0.25) is 5.15 Å². The third-order valence-corrected chi connectivity index (χ3v) is 6.68. The van der Waals surface area contributed by atoms with Crippen molar-refractivity contribution in [1.29, 1.82) is 0 Å². The molecule has 0 unspecified atom stereocenters. The summed E-state index contributed by atoms with van der Waals surface area (Å²) in [6, 6.07) is 8.30. The minimum Gasteiger partial charge on any atom is -0.348 e. The van der Waals surface area contributed by atoms with Crippen molar-refractivity contribution < 1.29 is 4.79 Å². The molecule has 0 saturated heterocycles. The molecular weight excluding hydrogens is 352 g/mol. The number of carbonyl (C=O) groups excluding carboxylic acids is 1. The number of benzene rings is 1. The van der Waals surface area contributed by atoms with Gasteiger partial charge < -0.3 is 5.32 Å². The van der Waals surface area contributed by atoms with Crippen molar-refractivity contribution in [2.45, 2.75) is 45.6 Å². The number of nitrogens with zero attached hydrogens (tertiary/aromatic N) is 1. The summed E-state index contributed by atoms with van der Waals surface area (Å²) in [7, 11) is 0. The van der Waals surface area contributed by atoms with Crippen molar-refractivity contribution in [1.82, 2.24) is 10.3 Å². The van der Waals surface area contributed by atoms with Crippen molar-refractivity contribution >= 4 is 49.8 Å². The van der Waals surface area contributed by atoms with Gasteiger partial charge in [-0.05, 0) is 43.9 Å². The molecule has 0 aliphatic heterocycles. The van der Waals surface area contributed by atoms with E-state index in [9.17, 15) is 4.79 Å². The van der Waals surface area contributed by atoms with Gasteiger partial charge in [-0.15, -0.1) is 11.3 Å². The Morgan fingerprint density at radius 3 is 2.84 bits per heavy atom. The molecule has 3 nitrogen and oxygen atoms in total. The molecule has 1 amide bonds. The number of hydrogen-bond acceptors (Lipinski definition) is 3. The molecule has 2 heterocycles. The van der Waals surface area contributed by atoms with Crippen LogP contribution in [-0.2, 0) is 0 Å². The Kier molecular flexibility index (Phi) is 4.42. The van der Waals surface area contributed by atoms with Crippen molar-refractivity contribution in [2.24, 2.45) is 5.92 Å². The first-order valence-electron chi connectivity index (χ1n) is 8.83. The number of thiophene rings is 1.